The Bertz CT molecular complexity index is 1110. The van der Waals surface area contributed by atoms with E-state index < -0.39 is 28.5 Å². The number of amides is 2. The third-order valence-corrected chi connectivity index (χ3v) is 6.97. The van der Waals surface area contributed by atoms with Gasteiger partial charge in [0.05, 0.1) is 19.1 Å². The lowest BCUT2D eigenvalue weighted by atomic mass is 10.1. The van der Waals surface area contributed by atoms with Crippen LogP contribution in [0.1, 0.15) is 31.4 Å². The van der Waals surface area contributed by atoms with Crippen molar-refractivity contribution in [2.45, 2.75) is 39.8 Å². The van der Waals surface area contributed by atoms with Gasteiger partial charge in [-0.2, -0.15) is 0 Å². The smallest absolute Gasteiger partial charge is 0.244 e. The minimum absolute atomic E-state index is 0.130. The Kier molecular flexibility index (Phi) is 9.76. The van der Waals surface area contributed by atoms with Crippen molar-refractivity contribution < 1.29 is 22.7 Å². The van der Waals surface area contributed by atoms with Crippen molar-refractivity contribution in [2.75, 3.05) is 30.8 Å². The number of nitrogens with zero attached hydrogens (tertiary/aromatic N) is 2. The first-order valence-electron chi connectivity index (χ1n) is 11.0. The number of hydrogen-bond donors (Lipinski definition) is 1. The molecule has 10 heteroatoms. The summed E-state index contributed by atoms with van der Waals surface area (Å²) >= 11 is 6.21. The summed E-state index contributed by atoms with van der Waals surface area (Å²) in [5, 5.41) is 3.16. The number of carbonyl (C=O) groups is 2. The zero-order chi connectivity index (χ0) is 25.5. The van der Waals surface area contributed by atoms with Crippen molar-refractivity contribution in [3.63, 3.8) is 0 Å². The summed E-state index contributed by atoms with van der Waals surface area (Å²) in [7, 11) is -2.26. The third kappa shape index (κ3) is 6.87. The second-order valence-electron chi connectivity index (χ2n) is 7.84. The van der Waals surface area contributed by atoms with Crippen LogP contribution in [0.25, 0.3) is 0 Å². The number of nitrogens with one attached hydrogen (secondary N) is 1. The lowest BCUT2D eigenvalue weighted by Gasteiger charge is -2.33. The lowest BCUT2D eigenvalue weighted by molar-refractivity contribution is -0.140. The van der Waals surface area contributed by atoms with E-state index in [0.29, 0.717) is 35.0 Å². The molecule has 1 unspecified atom stereocenters. The van der Waals surface area contributed by atoms with Crippen LogP contribution in [0.5, 0.6) is 5.75 Å². The van der Waals surface area contributed by atoms with Crippen molar-refractivity contribution in [3.05, 3.63) is 58.6 Å². The first-order chi connectivity index (χ1) is 16.0. The molecule has 1 atom stereocenters. The quantitative estimate of drug-likeness (QED) is 0.501. The van der Waals surface area contributed by atoms with Crippen molar-refractivity contribution in [2.24, 2.45) is 0 Å². The van der Waals surface area contributed by atoms with Gasteiger partial charge in [0, 0.05) is 18.1 Å². The van der Waals surface area contributed by atoms with Gasteiger partial charge >= 0.3 is 0 Å². The summed E-state index contributed by atoms with van der Waals surface area (Å²) in [6, 6.07) is 11.3. The van der Waals surface area contributed by atoms with Crippen molar-refractivity contribution in [1.82, 2.24) is 10.2 Å². The van der Waals surface area contributed by atoms with Crippen molar-refractivity contribution >= 4 is 39.1 Å². The number of benzene rings is 2. The number of sulfonamides is 1. The van der Waals surface area contributed by atoms with Gasteiger partial charge in [-0.15, -0.1) is 0 Å². The van der Waals surface area contributed by atoms with E-state index in [1.54, 1.807) is 63.4 Å². The lowest BCUT2D eigenvalue weighted by Crippen LogP contribution is -2.52. The van der Waals surface area contributed by atoms with Gasteiger partial charge in [0.25, 0.3) is 0 Å². The van der Waals surface area contributed by atoms with Gasteiger partial charge in [0.15, 0.2) is 0 Å². The molecule has 0 aliphatic carbocycles. The van der Waals surface area contributed by atoms with Crippen molar-refractivity contribution in [3.8, 4) is 5.75 Å². The predicted molar refractivity (Wildman–Crippen MR) is 135 cm³/mol. The van der Waals surface area contributed by atoms with E-state index in [9.17, 15) is 18.0 Å². The SMILES string of the molecule is CCNC(=O)C(CC)N(Cc1ccc(OC)cc1)C(=O)CN(c1cccc(Cl)c1C)S(C)(=O)=O. The Morgan fingerprint density at radius 3 is 2.29 bits per heavy atom. The first-order valence-corrected chi connectivity index (χ1v) is 13.2. The van der Waals surface area contributed by atoms with Gasteiger partial charge in [0.1, 0.15) is 18.3 Å². The van der Waals surface area contributed by atoms with Crippen LogP contribution >= 0.6 is 11.6 Å². The van der Waals surface area contributed by atoms with E-state index in [0.717, 1.165) is 16.1 Å². The number of halogens is 1. The maximum Gasteiger partial charge on any atom is 0.244 e. The summed E-state index contributed by atoms with van der Waals surface area (Å²) in [5.74, 6) is -0.132. The highest BCUT2D eigenvalue weighted by Gasteiger charge is 2.32. The van der Waals surface area contributed by atoms with Crippen LogP contribution in [0.3, 0.4) is 0 Å². The van der Waals surface area contributed by atoms with Gasteiger partial charge in [-0.3, -0.25) is 13.9 Å². The number of carbonyl (C=O) groups excluding carboxylic acids is 2. The maximum atomic E-state index is 13.6. The molecule has 0 aliphatic heterocycles. The Morgan fingerprint density at radius 1 is 1.12 bits per heavy atom. The number of anilines is 1. The van der Waals surface area contributed by atoms with E-state index in [4.69, 9.17) is 16.3 Å². The summed E-state index contributed by atoms with van der Waals surface area (Å²) in [4.78, 5) is 27.8. The van der Waals surface area contributed by atoms with E-state index in [-0.39, 0.29) is 12.5 Å². The van der Waals surface area contributed by atoms with E-state index in [2.05, 4.69) is 5.32 Å². The van der Waals surface area contributed by atoms with Gasteiger partial charge in [-0.1, -0.05) is 36.7 Å². The Morgan fingerprint density at radius 2 is 1.76 bits per heavy atom. The highest BCUT2D eigenvalue weighted by molar-refractivity contribution is 7.92. The molecule has 186 valence electrons. The highest BCUT2D eigenvalue weighted by Crippen LogP contribution is 2.28. The van der Waals surface area contributed by atoms with E-state index in [1.807, 2.05) is 6.92 Å². The molecule has 2 aromatic rings. The molecule has 1 N–H and O–H groups in total. The van der Waals surface area contributed by atoms with Gasteiger partial charge in [-0.25, -0.2) is 8.42 Å². The molecule has 2 amide bonds. The van der Waals surface area contributed by atoms with E-state index >= 15 is 0 Å². The monoisotopic (exact) mass is 509 g/mol. The van der Waals surface area contributed by atoms with Crippen LogP contribution in [-0.4, -0.2) is 57.6 Å². The maximum absolute atomic E-state index is 13.6. The molecule has 8 nitrogen and oxygen atoms in total. The Hall–Kier alpha value is -2.78. The Balaban J connectivity index is 2.46. The number of ether oxygens (including phenoxy) is 1. The zero-order valence-corrected chi connectivity index (χ0v) is 21.7. The summed E-state index contributed by atoms with van der Waals surface area (Å²) in [6.07, 6.45) is 1.40. The highest BCUT2D eigenvalue weighted by atomic mass is 35.5. The van der Waals surface area contributed by atoms with Crippen LogP contribution in [0.4, 0.5) is 5.69 Å². The standard InChI is InChI=1S/C24H32ClN3O5S/c1-6-21(24(30)26-7-2)27(15-18-11-13-19(33-4)14-12-18)23(29)16-28(34(5,31)32)22-10-8-9-20(25)17(22)3/h8-14,21H,6-7,15-16H2,1-5H3,(H,26,30). The molecular formula is C24H32ClN3O5S. The van der Waals surface area contributed by atoms with Crippen LogP contribution in [-0.2, 0) is 26.2 Å². The Labute approximate surface area is 206 Å². The number of rotatable bonds is 11. The normalized spacial score (nSPS) is 12.1. The molecule has 2 aromatic carbocycles. The fraction of sp³-hybridized carbons (Fsp3) is 0.417. The average molecular weight is 510 g/mol. The number of hydrogen-bond acceptors (Lipinski definition) is 5. The molecule has 0 spiro atoms. The fourth-order valence-electron chi connectivity index (χ4n) is 3.60. The molecule has 0 saturated carbocycles. The summed E-state index contributed by atoms with van der Waals surface area (Å²) in [5.41, 5.74) is 1.64. The van der Waals surface area contributed by atoms with Gasteiger partial charge in [-0.05, 0) is 55.7 Å². The second-order valence-corrected chi connectivity index (χ2v) is 10.2. The summed E-state index contributed by atoms with van der Waals surface area (Å²) < 4.78 is 31.6. The molecule has 0 aromatic heterocycles. The minimum Gasteiger partial charge on any atom is -0.497 e. The van der Waals surface area contributed by atoms with Gasteiger partial charge in [0.2, 0.25) is 21.8 Å². The number of methoxy groups -OCH3 is 1. The largest absolute Gasteiger partial charge is 0.497 e. The van der Waals surface area contributed by atoms with Crippen LogP contribution in [0.15, 0.2) is 42.5 Å². The number of likely N-dealkylation sites (N-methyl/N-ethyl adjacent to an activating group) is 1. The van der Waals surface area contributed by atoms with E-state index in [1.165, 1.54) is 4.90 Å². The first kappa shape index (κ1) is 27.5. The van der Waals surface area contributed by atoms with Crippen LogP contribution < -0.4 is 14.4 Å². The molecule has 0 saturated heterocycles. The molecular weight excluding hydrogens is 478 g/mol. The van der Waals surface area contributed by atoms with Crippen LogP contribution in [0.2, 0.25) is 5.02 Å². The molecule has 34 heavy (non-hydrogen) atoms. The molecule has 0 heterocycles. The molecule has 0 radical (unpaired) electrons. The molecule has 2 rings (SSSR count). The van der Waals surface area contributed by atoms with Gasteiger partial charge < -0.3 is 15.0 Å². The fourth-order valence-corrected chi connectivity index (χ4v) is 4.67. The third-order valence-electron chi connectivity index (χ3n) is 5.44. The second kappa shape index (κ2) is 12.1. The molecule has 0 aliphatic rings. The predicted octanol–water partition coefficient (Wildman–Crippen LogP) is 3.37. The van der Waals surface area contributed by atoms with Crippen molar-refractivity contribution in [1.29, 1.82) is 0 Å². The average Bonchev–Trinajstić information content (AvgIpc) is 2.79. The van der Waals surface area contributed by atoms with Crippen LogP contribution in [0, 0.1) is 6.92 Å². The summed E-state index contributed by atoms with van der Waals surface area (Å²) in [6.45, 7) is 5.38. The topological polar surface area (TPSA) is 96.0 Å². The molecule has 0 bridgehead atoms. The zero-order valence-electron chi connectivity index (χ0n) is 20.2. The minimum atomic E-state index is -3.82. The molecule has 0 fully saturated rings.